The minimum Gasteiger partial charge on any atom is -0.508 e. The number of imidazole rings is 1. The van der Waals surface area contributed by atoms with Gasteiger partial charge in [-0.3, -0.25) is 0 Å². The molecule has 2 aromatic rings. The highest BCUT2D eigenvalue weighted by Crippen LogP contribution is 2.31. The molecular weight excluding hydrogens is 220 g/mol. The maximum atomic E-state index is 9.40. The molecule has 1 unspecified atom stereocenters. The molecule has 0 radical (unpaired) electrons. The van der Waals surface area contributed by atoms with Crippen LogP contribution >= 0.6 is 11.8 Å². The Balaban J connectivity index is 2.03. The van der Waals surface area contributed by atoms with Crippen LogP contribution in [0.15, 0.2) is 24.5 Å². The molecule has 84 valence electrons. The van der Waals surface area contributed by atoms with Gasteiger partial charge in [0.1, 0.15) is 11.6 Å². The van der Waals surface area contributed by atoms with E-state index in [1.165, 1.54) is 24.3 Å². The van der Waals surface area contributed by atoms with Crippen molar-refractivity contribution in [2.24, 2.45) is 0 Å². The van der Waals surface area contributed by atoms with E-state index < -0.39 is 0 Å². The average molecular weight is 234 g/mol. The van der Waals surface area contributed by atoms with Crippen molar-refractivity contribution in [2.45, 2.75) is 18.8 Å². The van der Waals surface area contributed by atoms with Crippen molar-refractivity contribution in [1.29, 1.82) is 0 Å². The van der Waals surface area contributed by atoms with E-state index in [-0.39, 0.29) is 0 Å². The third kappa shape index (κ3) is 1.67. The van der Waals surface area contributed by atoms with Crippen LogP contribution in [0.2, 0.25) is 0 Å². The summed E-state index contributed by atoms with van der Waals surface area (Å²) in [5, 5.41) is 9.40. The second-order valence-electron chi connectivity index (χ2n) is 4.21. The molecule has 3 heterocycles. The lowest BCUT2D eigenvalue weighted by Crippen LogP contribution is -2.11. The largest absolute Gasteiger partial charge is 0.508 e. The molecule has 16 heavy (non-hydrogen) atoms. The normalized spacial score (nSPS) is 21.4. The number of aromatic hydroxyl groups is 1. The smallest absolute Gasteiger partial charge is 0.119 e. The maximum absolute atomic E-state index is 9.40. The molecule has 0 aromatic carbocycles. The second kappa shape index (κ2) is 4.01. The Morgan fingerprint density at radius 2 is 2.44 bits per heavy atom. The lowest BCUT2D eigenvalue weighted by molar-refractivity contribution is 0.475. The summed E-state index contributed by atoms with van der Waals surface area (Å²) < 4.78 is 2.09. The van der Waals surface area contributed by atoms with Gasteiger partial charge in [0.05, 0.1) is 11.7 Å². The van der Waals surface area contributed by atoms with Gasteiger partial charge in [0.25, 0.3) is 0 Å². The number of fused-ring (bicyclic) bond motifs is 1. The van der Waals surface area contributed by atoms with Crippen LogP contribution in [0.25, 0.3) is 5.52 Å². The van der Waals surface area contributed by atoms with Crippen molar-refractivity contribution in [3.63, 3.8) is 0 Å². The molecule has 1 aliphatic heterocycles. The van der Waals surface area contributed by atoms with Gasteiger partial charge in [0.2, 0.25) is 0 Å². The Kier molecular flexibility index (Phi) is 2.52. The summed E-state index contributed by atoms with van der Waals surface area (Å²) in [4.78, 5) is 4.50. The van der Waals surface area contributed by atoms with Crippen molar-refractivity contribution in [3.8, 4) is 5.75 Å². The second-order valence-corrected chi connectivity index (χ2v) is 5.36. The molecule has 0 bridgehead atoms. The van der Waals surface area contributed by atoms with E-state index in [0.717, 1.165) is 11.3 Å². The van der Waals surface area contributed by atoms with Gasteiger partial charge in [-0.25, -0.2) is 4.98 Å². The summed E-state index contributed by atoms with van der Waals surface area (Å²) in [6.45, 7) is 0. The number of pyridine rings is 1. The number of aromatic nitrogens is 2. The van der Waals surface area contributed by atoms with Crippen LogP contribution in [-0.2, 0) is 0 Å². The number of thioether (sulfide) groups is 1. The molecule has 0 aliphatic carbocycles. The molecule has 3 nitrogen and oxygen atoms in total. The van der Waals surface area contributed by atoms with Gasteiger partial charge in [0, 0.05) is 23.9 Å². The van der Waals surface area contributed by atoms with E-state index in [1.807, 2.05) is 24.2 Å². The predicted molar refractivity (Wildman–Crippen MR) is 66.2 cm³/mol. The van der Waals surface area contributed by atoms with Crippen LogP contribution < -0.4 is 0 Å². The summed E-state index contributed by atoms with van der Waals surface area (Å²) in [7, 11) is 0. The molecule has 1 atom stereocenters. The zero-order valence-electron chi connectivity index (χ0n) is 8.97. The first kappa shape index (κ1) is 10.0. The number of hydrogen-bond acceptors (Lipinski definition) is 3. The van der Waals surface area contributed by atoms with Crippen LogP contribution in [0.5, 0.6) is 5.75 Å². The highest BCUT2D eigenvalue weighted by atomic mass is 32.2. The average Bonchev–Trinajstić information content (AvgIpc) is 2.73. The topological polar surface area (TPSA) is 37.5 Å². The van der Waals surface area contributed by atoms with Gasteiger partial charge in [-0.05, 0) is 24.7 Å². The lowest BCUT2D eigenvalue weighted by Gasteiger charge is -2.20. The van der Waals surface area contributed by atoms with E-state index in [2.05, 4.69) is 9.38 Å². The third-order valence-corrected chi connectivity index (χ3v) is 4.29. The monoisotopic (exact) mass is 234 g/mol. The summed E-state index contributed by atoms with van der Waals surface area (Å²) >= 11 is 2.01. The molecule has 1 N–H and O–H groups in total. The van der Waals surface area contributed by atoms with Crippen LogP contribution in [0.1, 0.15) is 24.6 Å². The van der Waals surface area contributed by atoms with Crippen molar-refractivity contribution in [2.75, 3.05) is 11.5 Å². The Labute approximate surface area is 98.5 Å². The molecule has 1 fully saturated rings. The highest BCUT2D eigenvalue weighted by molar-refractivity contribution is 7.99. The standard InChI is InChI=1S/C12H14N2OS/c15-11-3-4-14-10(6-11)7-13-12(14)9-2-1-5-16-8-9/h3-4,6-7,9,15H,1-2,5,8H2. The lowest BCUT2D eigenvalue weighted by atomic mass is 10.1. The van der Waals surface area contributed by atoms with E-state index in [9.17, 15) is 5.11 Å². The summed E-state index contributed by atoms with van der Waals surface area (Å²) in [5.41, 5.74) is 0.977. The Morgan fingerprint density at radius 3 is 3.25 bits per heavy atom. The molecule has 4 heteroatoms. The van der Waals surface area contributed by atoms with Gasteiger partial charge in [0.15, 0.2) is 0 Å². The molecule has 3 rings (SSSR count). The highest BCUT2D eigenvalue weighted by Gasteiger charge is 2.20. The van der Waals surface area contributed by atoms with Crippen LogP contribution in [0, 0.1) is 0 Å². The SMILES string of the molecule is Oc1ccn2c(C3CCCSC3)ncc2c1. The zero-order chi connectivity index (χ0) is 11.0. The van der Waals surface area contributed by atoms with Crippen LogP contribution in [0.4, 0.5) is 0 Å². The minimum absolute atomic E-state index is 0.303. The Hall–Kier alpha value is -1.16. The fourth-order valence-corrected chi connectivity index (χ4v) is 3.39. The Bertz CT molecular complexity index is 503. The van der Waals surface area contributed by atoms with E-state index >= 15 is 0 Å². The summed E-state index contributed by atoms with van der Waals surface area (Å²) in [6, 6.07) is 3.47. The van der Waals surface area contributed by atoms with Crippen molar-refractivity contribution < 1.29 is 5.11 Å². The predicted octanol–water partition coefficient (Wildman–Crippen LogP) is 2.65. The van der Waals surface area contributed by atoms with Gasteiger partial charge in [-0.2, -0.15) is 11.8 Å². The zero-order valence-corrected chi connectivity index (χ0v) is 9.78. The molecule has 0 spiro atoms. The summed E-state index contributed by atoms with van der Waals surface area (Å²) in [5.74, 6) is 4.45. The quantitative estimate of drug-likeness (QED) is 0.824. The first-order chi connectivity index (χ1) is 7.84. The van der Waals surface area contributed by atoms with Gasteiger partial charge in [-0.15, -0.1) is 0 Å². The first-order valence-corrected chi connectivity index (χ1v) is 6.74. The molecule has 0 amide bonds. The van der Waals surface area contributed by atoms with Crippen LogP contribution in [-0.4, -0.2) is 26.0 Å². The summed E-state index contributed by atoms with van der Waals surface area (Å²) in [6.07, 6.45) is 6.26. The van der Waals surface area contributed by atoms with Crippen molar-refractivity contribution >= 4 is 17.3 Å². The van der Waals surface area contributed by atoms with Gasteiger partial charge in [-0.1, -0.05) is 0 Å². The fraction of sp³-hybridized carbons (Fsp3) is 0.417. The van der Waals surface area contributed by atoms with Crippen molar-refractivity contribution in [1.82, 2.24) is 9.38 Å². The molecule has 0 saturated carbocycles. The fourth-order valence-electron chi connectivity index (χ4n) is 2.26. The van der Waals surface area contributed by atoms with Crippen LogP contribution in [0.3, 0.4) is 0 Å². The van der Waals surface area contributed by atoms with Gasteiger partial charge >= 0.3 is 0 Å². The Morgan fingerprint density at radius 1 is 1.50 bits per heavy atom. The van der Waals surface area contributed by atoms with E-state index in [1.54, 1.807) is 12.1 Å². The number of rotatable bonds is 1. The van der Waals surface area contributed by atoms with E-state index in [0.29, 0.717) is 11.7 Å². The first-order valence-electron chi connectivity index (χ1n) is 5.58. The minimum atomic E-state index is 0.303. The number of nitrogens with zero attached hydrogens (tertiary/aromatic N) is 2. The maximum Gasteiger partial charge on any atom is 0.119 e. The van der Waals surface area contributed by atoms with E-state index in [4.69, 9.17) is 0 Å². The molecule has 2 aromatic heterocycles. The molecular formula is C12H14N2OS. The third-order valence-electron chi connectivity index (χ3n) is 3.07. The molecule has 1 aliphatic rings. The van der Waals surface area contributed by atoms with Gasteiger partial charge < -0.3 is 9.51 Å². The van der Waals surface area contributed by atoms with Crippen molar-refractivity contribution in [3.05, 3.63) is 30.4 Å². The number of hydrogen-bond donors (Lipinski definition) is 1. The molecule has 1 saturated heterocycles.